The molecule has 0 spiro atoms. The van der Waals surface area contributed by atoms with Crippen molar-refractivity contribution in [2.24, 2.45) is 0 Å². The SMILES string of the molecule is CC(C)n1ncc(-c2nc3cccnc3n2Cc2ccccc2)c1F. The third kappa shape index (κ3) is 2.69. The van der Waals surface area contributed by atoms with E-state index in [4.69, 9.17) is 0 Å². The highest BCUT2D eigenvalue weighted by Crippen LogP contribution is 2.27. The van der Waals surface area contributed by atoms with Gasteiger partial charge in [-0.05, 0) is 31.5 Å². The maximum atomic E-state index is 14.8. The Labute approximate surface area is 144 Å². The highest BCUT2D eigenvalue weighted by molar-refractivity contribution is 5.77. The quantitative estimate of drug-likeness (QED) is 0.565. The Bertz CT molecular complexity index is 1020. The number of fused-ring (bicyclic) bond motifs is 1. The van der Waals surface area contributed by atoms with Gasteiger partial charge < -0.3 is 4.57 Å². The van der Waals surface area contributed by atoms with Gasteiger partial charge in [-0.1, -0.05) is 30.3 Å². The summed E-state index contributed by atoms with van der Waals surface area (Å²) < 4.78 is 18.2. The van der Waals surface area contributed by atoms with Crippen LogP contribution in [0.2, 0.25) is 0 Å². The Balaban J connectivity index is 1.90. The maximum absolute atomic E-state index is 14.8. The van der Waals surface area contributed by atoms with Crippen molar-refractivity contribution in [2.45, 2.75) is 26.4 Å². The summed E-state index contributed by atoms with van der Waals surface area (Å²) in [4.78, 5) is 9.07. The first-order chi connectivity index (χ1) is 12.1. The van der Waals surface area contributed by atoms with Crippen LogP contribution in [0, 0.1) is 5.95 Å². The van der Waals surface area contributed by atoms with E-state index in [1.165, 1.54) is 10.9 Å². The minimum atomic E-state index is -0.375. The third-order valence-electron chi connectivity index (χ3n) is 4.15. The van der Waals surface area contributed by atoms with E-state index < -0.39 is 0 Å². The van der Waals surface area contributed by atoms with Gasteiger partial charge in [-0.2, -0.15) is 9.49 Å². The molecule has 0 saturated carbocycles. The summed E-state index contributed by atoms with van der Waals surface area (Å²) in [6.07, 6.45) is 3.27. The van der Waals surface area contributed by atoms with Crippen LogP contribution in [-0.4, -0.2) is 24.3 Å². The van der Waals surface area contributed by atoms with Crippen LogP contribution in [0.4, 0.5) is 4.39 Å². The van der Waals surface area contributed by atoms with Crippen LogP contribution in [0.5, 0.6) is 0 Å². The first-order valence-electron chi connectivity index (χ1n) is 8.23. The Morgan fingerprint density at radius 3 is 2.60 bits per heavy atom. The minimum absolute atomic E-state index is 0.0566. The standard InChI is InChI=1S/C19H18FN5/c1-13(2)25-17(20)15(11-22-25)18-23-16-9-6-10-21-19(16)24(18)12-14-7-4-3-5-8-14/h3-11,13H,12H2,1-2H3. The predicted octanol–water partition coefficient (Wildman–Crippen LogP) is 4.06. The smallest absolute Gasteiger partial charge is 0.222 e. The van der Waals surface area contributed by atoms with Gasteiger partial charge in [0.15, 0.2) is 5.65 Å². The van der Waals surface area contributed by atoms with Crippen molar-refractivity contribution in [1.29, 1.82) is 0 Å². The van der Waals surface area contributed by atoms with Gasteiger partial charge in [0.1, 0.15) is 11.3 Å². The highest BCUT2D eigenvalue weighted by Gasteiger charge is 2.21. The fourth-order valence-electron chi connectivity index (χ4n) is 2.94. The molecule has 0 saturated heterocycles. The first kappa shape index (κ1) is 15.5. The van der Waals surface area contributed by atoms with Crippen LogP contribution in [0.15, 0.2) is 54.9 Å². The maximum Gasteiger partial charge on any atom is 0.222 e. The van der Waals surface area contributed by atoms with E-state index >= 15 is 0 Å². The number of aromatic nitrogens is 5. The van der Waals surface area contributed by atoms with Gasteiger partial charge >= 0.3 is 0 Å². The van der Waals surface area contributed by atoms with Gasteiger partial charge in [0, 0.05) is 12.2 Å². The van der Waals surface area contributed by atoms with Crippen LogP contribution in [0.25, 0.3) is 22.6 Å². The molecule has 0 aliphatic carbocycles. The summed E-state index contributed by atoms with van der Waals surface area (Å²) in [5.41, 5.74) is 2.97. The lowest BCUT2D eigenvalue weighted by atomic mass is 10.2. The van der Waals surface area contributed by atoms with E-state index in [0.717, 1.165) is 16.7 Å². The van der Waals surface area contributed by atoms with Crippen molar-refractivity contribution in [3.63, 3.8) is 0 Å². The summed E-state index contributed by atoms with van der Waals surface area (Å²) in [7, 11) is 0. The molecule has 6 heteroatoms. The minimum Gasteiger partial charge on any atom is -0.304 e. The molecule has 0 radical (unpaired) electrons. The molecule has 4 rings (SSSR count). The molecule has 0 bridgehead atoms. The van der Waals surface area contributed by atoms with Crippen molar-refractivity contribution in [3.05, 3.63) is 66.4 Å². The van der Waals surface area contributed by atoms with Gasteiger partial charge in [-0.3, -0.25) is 0 Å². The molecule has 0 N–H and O–H groups in total. The number of pyridine rings is 1. The van der Waals surface area contributed by atoms with Crippen LogP contribution in [-0.2, 0) is 6.54 Å². The molecule has 4 aromatic rings. The van der Waals surface area contributed by atoms with E-state index in [9.17, 15) is 4.39 Å². The largest absolute Gasteiger partial charge is 0.304 e. The van der Waals surface area contributed by atoms with Crippen molar-refractivity contribution >= 4 is 11.2 Å². The zero-order valence-corrected chi connectivity index (χ0v) is 14.1. The molecule has 25 heavy (non-hydrogen) atoms. The number of nitrogens with zero attached hydrogens (tertiary/aromatic N) is 5. The molecule has 0 amide bonds. The second-order valence-electron chi connectivity index (χ2n) is 6.24. The van der Waals surface area contributed by atoms with Gasteiger partial charge in [-0.15, -0.1) is 0 Å². The molecular weight excluding hydrogens is 317 g/mol. The lowest BCUT2D eigenvalue weighted by Crippen LogP contribution is -2.07. The number of imidazole rings is 1. The molecule has 126 valence electrons. The molecule has 3 heterocycles. The average Bonchev–Trinajstić information content (AvgIpc) is 3.17. The summed E-state index contributed by atoms with van der Waals surface area (Å²) in [6.45, 7) is 4.36. The van der Waals surface area contributed by atoms with E-state index in [1.807, 2.05) is 60.9 Å². The zero-order valence-electron chi connectivity index (χ0n) is 14.1. The average molecular weight is 335 g/mol. The molecule has 0 atom stereocenters. The molecular formula is C19H18FN5. The van der Waals surface area contributed by atoms with Crippen molar-refractivity contribution in [3.8, 4) is 11.4 Å². The molecule has 5 nitrogen and oxygen atoms in total. The van der Waals surface area contributed by atoms with Crippen molar-refractivity contribution in [2.75, 3.05) is 0 Å². The lowest BCUT2D eigenvalue weighted by molar-refractivity contribution is 0.417. The molecule has 0 unspecified atom stereocenters. The summed E-state index contributed by atoms with van der Waals surface area (Å²) >= 11 is 0. The number of halogens is 1. The molecule has 0 aliphatic rings. The number of hydrogen-bond acceptors (Lipinski definition) is 3. The predicted molar refractivity (Wildman–Crippen MR) is 94.6 cm³/mol. The number of benzene rings is 1. The van der Waals surface area contributed by atoms with E-state index in [1.54, 1.807) is 6.20 Å². The van der Waals surface area contributed by atoms with E-state index in [0.29, 0.717) is 17.9 Å². The Morgan fingerprint density at radius 2 is 1.88 bits per heavy atom. The second kappa shape index (κ2) is 6.12. The van der Waals surface area contributed by atoms with Gasteiger partial charge in [0.2, 0.25) is 5.95 Å². The molecule has 3 aromatic heterocycles. The van der Waals surface area contributed by atoms with Crippen LogP contribution in [0.1, 0.15) is 25.5 Å². The summed E-state index contributed by atoms with van der Waals surface area (Å²) in [6, 6.07) is 13.7. The van der Waals surface area contributed by atoms with E-state index in [-0.39, 0.29) is 12.0 Å². The normalized spacial score (nSPS) is 11.5. The third-order valence-corrected chi connectivity index (χ3v) is 4.15. The Morgan fingerprint density at radius 1 is 1.08 bits per heavy atom. The fraction of sp³-hybridized carbons (Fsp3) is 0.211. The van der Waals surface area contributed by atoms with Gasteiger partial charge in [-0.25, -0.2) is 14.6 Å². The number of hydrogen-bond donors (Lipinski definition) is 0. The number of rotatable bonds is 4. The van der Waals surface area contributed by atoms with Crippen LogP contribution in [0.3, 0.4) is 0 Å². The Hall–Kier alpha value is -3.02. The van der Waals surface area contributed by atoms with Gasteiger partial charge in [0.05, 0.1) is 18.3 Å². The lowest BCUT2D eigenvalue weighted by Gasteiger charge is -2.09. The summed E-state index contributed by atoms with van der Waals surface area (Å²) in [5.74, 6) is 0.168. The van der Waals surface area contributed by atoms with Crippen molar-refractivity contribution < 1.29 is 4.39 Å². The molecule has 0 aliphatic heterocycles. The topological polar surface area (TPSA) is 48.5 Å². The van der Waals surface area contributed by atoms with Crippen LogP contribution >= 0.6 is 0 Å². The van der Waals surface area contributed by atoms with Crippen LogP contribution < -0.4 is 0 Å². The van der Waals surface area contributed by atoms with E-state index in [2.05, 4.69) is 15.1 Å². The monoisotopic (exact) mass is 335 g/mol. The Kier molecular flexibility index (Phi) is 3.80. The molecule has 1 aromatic carbocycles. The van der Waals surface area contributed by atoms with Gasteiger partial charge in [0.25, 0.3) is 0 Å². The highest BCUT2D eigenvalue weighted by atomic mass is 19.1. The van der Waals surface area contributed by atoms with Crippen molar-refractivity contribution in [1.82, 2.24) is 24.3 Å². The summed E-state index contributed by atoms with van der Waals surface area (Å²) in [5, 5.41) is 4.18. The molecule has 0 fully saturated rings. The second-order valence-corrected chi connectivity index (χ2v) is 6.24. The fourth-order valence-corrected chi connectivity index (χ4v) is 2.94. The first-order valence-corrected chi connectivity index (χ1v) is 8.23. The zero-order chi connectivity index (χ0) is 17.4.